The van der Waals surface area contributed by atoms with Gasteiger partial charge in [0.05, 0.1) is 11.1 Å². The maximum atomic E-state index is 15.8. The summed E-state index contributed by atoms with van der Waals surface area (Å²) in [5, 5.41) is -0.742. The summed E-state index contributed by atoms with van der Waals surface area (Å²) in [5.74, 6) is 0.878. The average Bonchev–Trinajstić information content (AvgIpc) is 3.15. The first-order valence-corrected chi connectivity index (χ1v) is 14.2. The topological polar surface area (TPSA) is 0 Å². The standard InChI is InChI=1S/C30H16F6Si/c1-37(2)29-21(27(35)23(31)19(25(29)33)15-13-17-9-5-3-6-10-17)22-28(36)24(32)20(26(34)30(22)37)16-14-18-11-7-4-8-12-18/h3-12H,1-2H3. The molecule has 0 atom stereocenters. The van der Waals surface area contributed by atoms with Crippen LogP contribution in [0.15, 0.2) is 60.7 Å². The van der Waals surface area contributed by atoms with Crippen LogP contribution >= 0.6 is 0 Å². The monoisotopic (exact) mass is 518 g/mol. The van der Waals surface area contributed by atoms with Crippen molar-refractivity contribution in [1.82, 2.24) is 0 Å². The second-order valence-electron chi connectivity index (χ2n) is 8.99. The fraction of sp³-hybridized carbons (Fsp3) is 0.0667. The second kappa shape index (κ2) is 9.03. The highest BCUT2D eigenvalue weighted by Gasteiger charge is 2.48. The van der Waals surface area contributed by atoms with Gasteiger partial charge >= 0.3 is 0 Å². The first kappa shape index (κ1) is 24.5. The molecule has 0 saturated carbocycles. The van der Waals surface area contributed by atoms with Gasteiger partial charge in [-0.05, 0) is 34.6 Å². The Kier molecular flexibility index (Phi) is 5.98. The normalized spacial score (nSPS) is 12.6. The number of fused-ring (bicyclic) bond motifs is 3. The molecule has 37 heavy (non-hydrogen) atoms. The van der Waals surface area contributed by atoms with E-state index in [1.807, 2.05) is 0 Å². The molecular weight excluding hydrogens is 502 g/mol. The van der Waals surface area contributed by atoms with Gasteiger partial charge in [-0.15, -0.1) is 0 Å². The van der Waals surface area contributed by atoms with Crippen molar-refractivity contribution in [2.75, 3.05) is 0 Å². The molecule has 0 nitrogen and oxygen atoms in total. The van der Waals surface area contributed by atoms with Crippen LogP contribution in [-0.4, -0.2) is 8.07 Å². The van der Waals surface area contributed by atoms with E-state index in [1.54, 1.807) is 60.7 Å². The Labute approximate surface area is 210 Å². The van der Waals surface area contributed by atoms with Crippen molar-refractivity contribution in [3.63, 3.8) is 0 Å². The molecule has 0 radical (unpaired) electrons. The van der Waals surface area contributed by atoms with Crippen LogP contribution in [0, 0.1) is 58.6 Å². The van der Waals surface area contributed by atoms with Crippen molar-refractivity contribution in [2.24, 2.45) is 0 Å². The molecule has 1 aliphatic heterocycles. The Bertz CT molecular complexity index is 1580. The minimum Gasteiger partial charge on any atom is -0.206 e. The summed E-state index contributed by atoms with van der Waals surface area (Å²) < 4.78 is 92.4. The lowest BCUT2D eigenvalue weighted by molar-refractivity contribution is 0.488. The predicted octanol–water partition coefficient (Wildman–Crippen LogP) is 6.12. The van der Waals surface area contributed by atoms with Crippen molar-refractivity contribution < 1.29 is 26.3 Å². The zero-order valence-corrected chi connectivity index (χ0v) is 20.5. The molecule has 0 saturated heterocycles. The zero-order chi connectivity index (χ0) is 26.5. The van der Waals surface area contributed by atoms with E-state index in [9.17, 15) is 0 Å². The fourth-order valence-corrected chi connectivity index (χ4v) is 7.94. The highest BCUT2D eigenvalue weighted by atomic mass is 28.3. The third-order valence-corrected chi connectivity index (χ3v) is 9.79. The van der Waals surface area contributed by atoms with Gasteiger partial charge in [0.15, 0.2) is 23.3 Å². The van der Waals surface area contributed by atoms with E-state index < -0.39 is 65.2 Å². The van der Waals surface area contributed by atoms with Crippen LogP contribution in [0.5, 0.6) is 0 Å². The van der Waals surface area contributed by atoms with Gasteiger partial charge in [0, 0.05) is 22.3 Å². The SMILES string of the molecule is C[Si]1(C)c2c(F)c(C#Cc3ccccc3)c(F)c(F)c2-c2c(F)c(F)c(C#Cc3ccccc3)c(F)c21. The maximum absolute atomic E-state index is 15.8. The number of hydrogen-bond acceptors (Lipinski definition) is 0. The van der Waals surface area contributed by atoms with Crippen LogP contribution < -0.4 is 10.4 Å². The lowest BCUT2D eigenvalue weighted by atomic mass is 9.99. The van der Waals surface area contributed by atoms with Crippen molar-refractivity contribution >= 4 is 18.4 Å². The minimum absolute atomic E-state index is 0.371. The zero-order valence-electron chi connectivity index (χ0n) is 19.5. The van der Waals surface area contributed by atoms with E-state index in [4.69, 9.17) is 0 Å². The third-order valence-electron chi connectivity index (χ3n) is 6.35. The summed E-state index contributed by atoms with van der Waals surface area (Å²) in [6, 6.07) is 16.6. The van der Waals surface area contributed by atoms with Crippen molar-refractivity contribution in [3.8, 4) is 34.8 Å². The molecule has 0 aromatic heterocycles. The van der Waals surface area contributed by atoms with Gasteiger partial charge in [-0.1, -0.05) is 73.2 Å². The van der Waals surface area contributed by atoms with Crippen LogP contribution in [0.1, 0.15) is 22.3 Å². The van der Waals surface area contributed by atoms with Crippen LogP contribution in [0.25, 0.3) is 11.1 Å². The fourth-order valence-electron chi connectivity index (χ4n) is 4.62. The second-order valence-corrected chi connectivity index (χ2v) is 13.2. The lowest BCUT2D eigenvalue weighted by Gasteiger charge is -2.21. The van der Waals surface area contributed by atoms with Crippen LogP contribution in [0.4, 0.5) is 26.3 Å². The summed E-state index contributed by atoms with van der Waals surface area (Å²) in [4.78, 5) is 0. The molecule has 0 aliphatic carbocycles. The smallest absolute Gasteiger partial charge is 0.178 e. The maximum Gasteiger partial charge on any atom is 0.178 e. The highest BCUT2D eigenvalue weighted by molar-refractivity contribution is 7.04. The summed E-state index contributed by atoms with van der Waals surface area (Å²) in [7, 11) is -3.56. The molecule has 5 rings (SSSR count). The summed E-state index contributed by atoms with van der Waals surface area (Å²) >= 11 is 0. The third kappa shape index (κ3) is 3.84. The largest absolute Gasteiger partial charge is 0.206 e. The summed E-state index contributed by atoms with van der Waals surface area (Å²) in [6.07, 6.45) is 0. The van der Waals surface area contributed by atoms with E-state index in [-0.39, 0.29) is 10.4 Å². The first-order chi connectivity index (χ1) is 17.6. The highest BCUT2D eigenvalue weighted by Crippen LogP contribution is 2.38. The van der Waals surface area contributed by atoms with Crippen LogP contribution in [0.2, 0.25) is 13.1 Å². The first-order valence-electron chi connectivity index (χ1n) is 11.2. The van der Waals surface area contributed by atoms with E-state index >= 15 is 26.3 Å². The molecule has 0 N–H and O–H groups in total. The number of rotatable bonds is 0. The van der Waals surface area contributed by atoms with E-state index in [0.717, 1.165) is 0 Å². The molecule has 0 unspecified atom stereocenters. The molecule has 0 fully saturated rings. The number of hydrogen-bond donors (Lipinski definition) is 0. The predicted molar refractivity (Wildman–Crippen MR) is 133 cm³/mol. The van der Waals surface area contributed by atoms with Crippen LogP contribution in [0.3, 0.4) is 0 Å². The van der Waals surface area contributed by atoms with Crippen molar-refractivity contribution in [3.05, 3.63) is 118 Å². The molecular formula is C30H16F6Si. The number of halogens is 6. The molecule has 0 bridgehead atoms. The van der Waals surface area contributed by atoms with E-state index in [2.05, 4.69) is 23.7 Å². The van der Waals surface area contributed by atoms with Crippen molar-refractivity contribution in [2.45, 2.75) is 13.1 Å². The van der Waals surface area contributed by atoms with E-state index in [1.165, 1.54) is 13.1 Å². The Morgan fingerprint density at radius 3 is 1.16 bits per heavy atom. The van der Waals surface area contributed by atoms with Crippen molar-refractivity contribution in [1.29, 1.82) is 0 Å². The Morgan fingerprint density at radius 2 is 0.811 bits per heavy atom. The van der Waals surface area contributed by atoms with Gasteiger partial charge in [0.1, 0.15) is 19.7 Å². The number of benzene rings is 4. The molecule has 7 heteroatoms. The Hall–Kier alpha value is -4.20. The quantitative estimate of drug-likeness (QED) is 0.114. The summed E-state index contributed by atoms with van der Waals surface area (Å²) in [5.41, 5.74) is -2.43. The molecule has 0 amide bonds. The van der Waals surface area contributed by atoms with Gasteiger partial charge in [0.25, 0.3) is 0 Å². The van der Waals surface area contributed by atoms with E-state index in [0.29, 0.717) is 11.1 Å². The minimum atomic E-state index is -3.56. The molecule has 4 aromatic carbocycles. The van der Waals surface area contributed by atoms with Gasteiger partial charge in [-0.25, -0.2) is 26.3 Å². The average molecular weight is 519 g/mol. The summed E-state index contributed by atoms with van der Waals surface area (Å²) in [6.45, 7) is 2.92. The lowest BCUT2D eigenvalue weighted by Crippen LogP contribution is -2.53. The van der Waals surface area contributed by atoms with Gasteiger partial charge in [0.2, 0.25) is 0 Å². The van der Waals surface area contributed by atoms with Gasteiger partial charge in [-0.2, -0.15) is 0 Å². The molecule has 0 spiro atoms. The Balaban J connectivity index is 1.76. The molecule has 182 valence electrons. The van der Waals surface area contributed by atoms with Gasteiger partial charge < -0.3 is 0 Å². The van der Waals surface area contributed by atoms with Crippen LogP contribution in [-0.2, 0) is 0 Å². The Morgan fingerprint density at radius 1 is 0.459 bits per heavy atom. The molecule has 1 heterocycles. The van der Waals surface area contributed by atoms with Gasteiger partial charge in [-0.3, -0.25) is 0 Å². The molecule has 1 aliphatic rings. The molecule has 4 aromatic rings.